The van der Waals surface area contributed by atoms with Crippen LogP contribution in [0.25, 0.3) is 0 Å². The van der Waals surface area contributed by atoms with E-state index in [-0.39, 0.29) is 23.0 Å². The van der Waals surface area contributed by atoms with Crippen molar-refractivity contribution < 1.29 is 23.1 Å². The van der Waals surface area contributed by atoms with E-state index in [1.54, 1.807) is 0 Å². The number of hydrogen-bond acceptors (Lipinski definition) is 2. The number of rotatable bonds is 2. The number of hydrogen-bond donors (Lipinski definition) is 2. The zero-order chi connectivity index (χ0) is 14.3. The fourth-order valence-electron chi connectivity index (χ4n) is 2.07. The van der Waals surface area contributed by atoms with E-state index < -0.39 is 40.4 Å². The van der Waals surface area contributed by atoms with E-state index in [1.807, 2.05) is 0 Å². The van der Waals surface area contributed by atoms with Gasteiger partial charge in [0.2, 0.25) is 0 Å². The van der Waals surface area contributed by atoms with Crippen molar-refractivity contribution in [3.05, 3.63) is 32.5 Å². The third kappa shape index (κ3) is 2.46. The van der Waals surface area contributed by atoms with Gasteiger partial charge in [-0.15, -0.1) is 0 Å². The zero-order valence-electron chi connectivity index (χ0n) is 9.31. The number of benzene rings is 1. The number of carboxylic acids is 1. The van der Waals surface area contributed by atoms with Gasteiger partial charge in [0.05, 0.1) is 10.4 Å². The number of carboxylic acid groups (broad SMARTS) is 1. The molecule has 19 heavy (non-hydrogen) atoms. The molecule has 2 rings (SSSR count). The maximum Gasteiger partial charge on any atom is 0.307 e. The van der Waals surface area contributed by atoms with Gasteiger partial charge in [0.1, 0.15) is 5.02 Å². The van der Waals surface area contributed by atoms with Gasteiger partial charge < -0.3 is 10.4 Å². The molecule has 0 saturated carbocycles. The summed E-state index contributed by atoms with van der Waals surface area (Å²) in [4.78, 5) is 10.8. The third-order valence-corrected chi connectivity index (χ3v) is 4.18. The molecule has 1 aliphatic rings. The Hall–Kier alpha value is -0.790. The molecule has 0 radical (unpaired) electrons. The van der Waals surface area contributed by atoms with Crippen LogP contribution in [0.4, 0.5) is 13.2 Å². The highest BCUT2D eigenvalue weighted by Gasteiger charge is 2.35. The van der Waals surface area contributed by atoms with Crippen LogP contribution < -0.4 is 5.32 Å². The van der Waals surface area contributed by atoms with Crippen molar-refractivity contribution in [3.8, 4) is 0 Å². The smallest absolute Gasteiger partial charge is 0.307 e. The lowest BCUT2D eigenvalue weighted by Crippen LogP contribution is -2.18. The predicted molar refractivity (Wildman–Crippen MR) is 65.5 cm³/mol. The Balaban J connectivity index is 2.44. The van der Waals surface area contributed by atoms with Gasteiger partial charge in [-0.05, 0) is 22.4 Å². The largest absolute Gasteiger partial charge is 0.481 e. The van der Waals surface area contributed by atoms with Crippen LogP contribution in [-0.2, 0) is 4.79 Å². The minimum absolute atomic E-state index is 0.0470. The molecule has 8 heteroatoms. The summed E-state index contributed by atoms with van der Waals surface area (Å²) in [6.07, 6.45) is 0.0470. The second-order valence-electron chi connectivity index (χ2n) is 4.22. The van der Waals surface area contributed by atoms with Crippen molar-refractivity contribution >= 4 is 33.5 Å². The highest BCUT2D eigenvalue weighted by atomic mass is 79.9. The van der Waals surface area contributed by atoms with Crippen molar-refractivity contribution in [2.45, 2.75) is 12.5 Å². The van der Waals surface area contributed by atoms with E-state index in [9.17, 15) is 18.0 Å². The second kappa shape index (κ2) is 5.30. The van der Waals surface area contributed by atoms with Crippen LogP contribution in [0.15, 0.2) is 4.47 Å². The number of halogens is 5. The Kier molecular flexibility index (Phi) is 4.08. The van der Waals surface area contributed by atoms with Crippen LogP contribution >= 0.6 is 27.5 Å². The molecule has 1 aromatic carbocycles. The molecule has 1 fully saturated rings. The quantitative estimate of drug-likeness (QED) is 0.630. The van der Waals surface area contributed by atoms with Crippen molar-refractivity contribution in [2.75, 3.05) is 6.54 Å². The first-order chi connectivity index (χ1) is 8.84. The molecule has 0 amide bonds. The minimum Gasteiger partial charge on any atom is -0.481 e. The Morgan fingerprint density at radius 3 is 2.47 bits per heavy atom. The van der Waals surface area contributed by atoms with Crippen molar-refractivity contribution in [1.29, 1.82) is 0 Å². The molecular formula is C11H8BrClF3NO2. The molecule has 2 N–H and O–H groups in total. The van der Waals surface area contributed by atoms with Crippen LogP contribution in [0.3, 0.4) is 0 Å². The summed E-state index contributed by atoms with van der Waals surface area (Å²) in [7, 11) is 0. The van der Waals surface area contributed by atoms with E-state index in [0.29, 0.717) is 0 Å². The molecule has 1 aliphatic heterocycles. The average Bonchev–Trinajstić information content (AvgIpc) is 2.84. The molecule has 0 aromatic heterocycles. The third-order valence-electron chi connectivity index (χ3n) is 3.07. The Bertz CT molecular complexity index is 526. The molecule has 1 heterocycles. The monoisotopic (exact) mass is 357 g/mol. The molecule has 1 saturated heterocycles. The lowest BCUT2D eigenvalue weighted by molar-refractivity contribution is -0.141. The molecule has 104 valence electrons. The lowest BCUT2D eigenvalue weighted by Gasteiger charge is -2.16. The lowest BCUT2D eigenvalue weighted by atomic mass is 9.99. The van der Waals surface area contributed by atoms with E-state index in [1.165, 1.54) is 0 Å². The van der Waals surface area contributed by atoms with Crippen LogP contribution in [0.5, 0.6) is 0 Å². The molecule has 3 nitrogen and oxygen atoms in total. The Labute approximate surface area is 119 Å². The van der Waals surface area contributed by atoms with E-state index in [4.69, 9.17) is 16.7 Å². The van der Waals surface area contributed by atoms with Gasteiger partial charge in [-0.3, -0.25) is 4.79 Å². The van der Waals surface area contributed by atoms with E-state index in [2.05, 4.69) is 21.2 Å². The topological polar surface area (TPSA) is 49.3 Å². The van der Waals surface area contributed by atoms with Gasteiger partial charge in [0.25, 0.3) is 0 Å². The van der Waals surface area contributed by atoms with Gasteiger partial charge in [0, 0.05) is 18.2 Å². The number of nitrogens with one attached hydrogen (secondary N) is 1. The zero-order valence-corrected chi connectivity index (χ0v) is 11.7. The fraction of sp³-hybridized carbons (Fsp3) is 0.364. The molecule has 0 bridgehead atoms. The normalized spacial score (nSPS) is 22.8. The summed E-state index contributed by atoms with van der Waals surface area (Å²) < 4.78 is 40.6. The summed E-state index contributed by atoms with van der Waals surface area (Å²) >= 11 is 8.14. The van der Waals surface area contributed by atoms with Crippen molar-refractivity contribution in [3.63, 3.8) is 0 Å². The first-order valence-corrected chi connectivity index (χ1v) is 6.49. The van der Waals surface area contributed by atoms with Crippen LogP contribution in [-0.4, -0.2) is 17.6 Å². The van der Waals surface area contributed by atoms with Gasteiger partial charge in [0.15, 0.2) is 17.5 Å². The standard InChI is InChI=1S/C11H8BrClF3NO2/c12-6-5(4-1-3(2-17-4)11(18)19)8(14)10(16)7(13)9(6)15/h3-4,17H,1-2H2,(H,18,19). The van der Waals surface area contributed by atoms with Gasteiger partial charge >= 0.3 is 5.97 Å². The summed E-state index contributed by atoms with van der Waals surface area (Å²) in [5, 5.41) is 10.7. The van der Waals surface area contributed by atoms with Crippen molar-refractivity contribution in [2.24, 2.45) is 5.92 Å². The SMILES string of the molecule is O=C(O)C1CNC(c2c(F)c(F)c(Cl)c(F)c2Br)C1. The molecular weight excluding hydrogens is 350 g/mol. The van der Waals surface area contributed by atoms with Crippen LogP contribution in [0.1, 0.15) is 18.0 Å². The fourth-order valence-corrected chi connectivity index (χ4v) is 3.01. The van der Waals surface area contributed by atoms with Crippen LogP contribution in [0.2, 0.25) is 5.02 Å². The molecule has 2 atom stereocenters. The predicted octanol–water partition coefficient (Wildman–Crippen LogP) is 3.26. The Morgan fingerprint density at radius 1 is 1.32 bits per heavy atom. The summed E-state index contributed by atoms with van der Waals surface area (Å²) in [5.74, 6) is -5.62. The van der Waals surface area contributed by atoms with E-state index >= 15 is 0 Å². The molecule has 1 aromatic rings. The summed E-state index contributed by atoms with van der Waals surface area (Å²) in [6.45, 7) is 0.109. The Morgan fingerprint density at radius 2 is 1.95 bits per heavy atom. The second-order valence-corrected chi connectivity index (χ2v) is 5.39. The van der Waals surface area contributed by atoms with Gasteiger partial charge in [-0.25, -0.2) is 13.2 Å². The van der Waals surface area contributed by atoms with Gasteiger partial charge in [-0.2, -0.15) is 0 Å². The van der Waals surface area contributed by atoms with Crippen molar-refractivity contribution in [1.82, 2.24) is 5.32 Å². The maximum atomic E-state index is 13.8. The maximum absolute atomic E-state index is 13.8. The first kappa shape index (κ1) is 14.6. The first-order valence-electron chi connectivity index (χ1n) is 5.32. The molecule has 0 aliphatic carbocycles. The highest BCUT2D eigenvalue weighted by Crippen LogP contribution is 2.39. The molecule has 2 unspecified atom stereocenters. The number of carbonyl (C=O) groups is 1. The average molecular weight is 359 g/mol. The molecule has 0 spiro atoms. The summed E-state index contributed by atoms with van der Waals surface area (Å²) in [6, 6.07) is -0.781. The van der Waals surface area contributed by atoms with Gasteiger partial charge in [-0.1, -0.05) is 11.6 Å². The minimum atomic E-state index is -1.47. The van der Waals surface area contributed by atoms with Crippen LogP contribution in [0, 0.1) is 23.4 Å². The highest BCUT2D eigenvalue weighted by molar-refractivity contribution is 9.10. The van der Waals surface area contributed by atoms with E-state index in [0.717, 1.165) is 0 Å². The summed E-state index contributed by atoms with van der Waals surface area (Å²) in [5.41, 5.74) is -0.275. The number of aliphatic carboxylic acids is 1.